The summed E-state index contributed by atoms with van der Waals surface area (Å²) in [6, 6.07) is 2.75. The number of rotatable bonds is 2. The second kappa shape index (κ2) is 4.76. The molecule has 0 spiro atoms. The first-order chi connectivity index (χ1) is 10.4. The number of alkyl halides is 6. The molecule has 3 fully saturated rings. The van der Waals surface area contributed by atoms with Gasteiger partial charge >= 0.3 is 12.4 Å². The molecule has 23 heavy (non-hydrogen) atoms. The minimum atomic E-state index is -4.59. The smallest absolute Gasteiger partial charge is 0.346 e. The fourth-order valence-corrected chi connectivity index (χ4v) is 3.99. The number of halogens is 7. The molecule has 2 bridgehead atoms. The topological polar surface area (TPSA) is 29.1 Å². The normalized spacial score (nSPS) is 29.5. The summed E-state index contributed by atoms with van der Waals surface area (Å²) in [4.78, 5) is 12.2. The lowest BCUT2D eigenvalue weighted by Gasteiger charge is -2.70. The predicted octanol–water partition coefficient (Wildman–Crippen LogP) is 4.52. The Morgan fingerprint density at radius 1 is 1.09 bits per heavy atom. The molecule has 1 aromatic carbocycles. The van der Waals surface area contributed by atoms with Gasteiger partial charge in [-0.3, -0.25) is 4.79 Å². The summed E-state index contributed by atoms with van der Waals surface area (Å²) in [6.45, 7) is 0. The van der Waals surface area contributed by atoms with E-state index in [1.807, 2.05) is 0 Å². The summed E-state index contributed by atoms with van der Waals surface area (Å²) < 4.78 is 76.7. The predicted molar refractivity (Wildman–Crippen MR) is 76.7 cm³/mol. The van der Waals surface area contributed by atoms with Gasteiger partial charge in [0, 0.05) is 9.11 Å². The van der Waals surface area contributed by atoms with Gasteiger partial charge in [0.15, 0.2) is 0 Å². The van der Waals surface area contributed by atoms with E-state index in [-0.39, 0.29) is 24.8 Å². The Kier molecular flexibility index (Phi) is 3.49. The Labute approximate surface area is 140 Å². The zero-order chi connectivity index (χ0) is 17.3. The lowest BCUT2D eigenvalue weighted by atomic mass is 9.39. The molecule has 0 saturated heterocycles. The summed E-state index contributed by atoms with van der Waals surface area (Å²) in [7, 11) is 0. The number of carbonyl (C=O) groups excluding carboxylic acids is 1. The average Bonchev–Trinajstić information content (AvgIpc) is 2.28. The molecular weight excluding hydrogens is 439 g/mol. The molecule has 1 aromatic rings. The average molecular weight is 449 g/mol. The second-order valence-electron chi connectivity index (χ2n) is 6.24. The van der Waals surface area contributed by atoms with Gasteiger partial charge in [-0.05, 0) is 60.1 Å². The Balaban J connectivity index is 1.74. The highest BCUT2D eigenvalue weighted by Gasteiger charge is 2.79. The van der Waals surface area contributed by atoms with E-state index >= 15 is 0 Å². The highest BCUT2D eigenvalue weighted by Crippen LogP contribution is 2.73. The summed E-state index contributed by atoms with van der Waals surface area (Å²) in [5.74, 6) is -0.768. The van der Waals surface area contributed by atoms with Crippen LogP contribution in [0.1, 0.15) is 35.2 Å². The second-order valence-corrected chi connectivity index (χ2v) is 7.40. The van der Waals surface area contributed by atoms with E-state index in [4.69, 9.17) is 0 Å². The first kappa shape index (κ1) is 16.8. The maximum absolute atomic E-state index is 12.8. The van der Waals surface area contributed by atoms with Crippen molar-refractivity contribution in [1.29, 1.82) is 0 Å². The number of amides is 1. The quantitative estimate of drug-likeness (QED) is 0.522. The van der Waals surface area contributed by atoms with Gasteiger partial charge < -0.3 is 5.32 Å². The molecule has 0 radical (unpaired) electrons. The molecule has 3 saturated carbocycles. The molecule has 0 unspecified atom stereocenters. The summed E-state index contributed by atoms with van der Waals surface area (Å²) in [5.41, 5.74) is -3.79. The molecule has 9 heteroatoms. The van der Waals surface area contributed by atoms with Crippen molar-refractivity contribution in [3.05, 3.63) is 32.9 Å². The lowest BCUT2D eigenvalue weighted by Crippen LogP contribution is -2.78. The van der Waals surface area contributed by atoms with Crippen LogP contribution in [0, 0.1) is 8.99 Å². The van der Waals surface area contributed by atoms with Gasteiger partial charge in [-0.2, -0.15) is 26.3 Å². The van der Waals surface area contributed by atoms with Crippen LogP contribution in [0.2, 0.25) is 0 Å². The monoisotopic (exact) mass is 449 g/mol. The van der Waals surface area contributed by atoms with E-state index in [1.54, 1.807) is 22.6 Å². The zero-order valence-electron chi connectivity index (χ0n) is 11.4. The Morgan fingerprint density at radius 2 is 1.65 bits per heavy atom. The summed E-state index contributed by atoms with van der Waals surface area (Å²) in [5, 5.41) is 2.48. The fraction of sp³-hybridized carbons (Fsp3) is 0.500. The molecule has 1 N–H and O–H groups in total. The highest BCUT2D eigenvalue weighted by molar-refractivity contribution is 14.1. The van der Waals surface area contributed by atoms with Crippen LogP contribution in [0.3, 0.4) is 0 Å². The third-order valence-corrected chi connectivity index (χ3v) is 5.49. The van der Waals surface area contributed by atoms with Crippen molar-refractivity contribution in [2.45, 2.75) is 37.2 Å². The van der Waals surface area contributed by atoms with Crippen LogP contribution in [-0.4, -0.2) is 17.6 Å². The third kappa shape index (κ3) is 2.60. The van der Waals surface area contributed by atoms with Crippen molar-refractivity contribution in [2.24, 2.45) is 5.41 Å². The summed E-state index contributed by atoms with van der Waals surface area (Å²) >= 11 is 1.72. The van der Waals surface area contributed by atoms with Gasteiger partial charge in [0.05, 0.1) is 16.5 Å². The minimum absolute atomic E-state index is 0.175. The number of benzene rings is 1. The zero-order valence-corrected chi connectivity index (χ0v) is 13.6. The molecule has 4 rings (SSSR count). The maximum atomic E-state index is 12.8. The van der Waals surface area contributed by atoms with E-state index in [0.29, 0.717) is 3.57 Å². The van der Waals surface area contributed by atoms with Gasteiger partial charge in [-0.1, -0.05) is 0 Å². The van der Waals surface area contributed by atoms with E-state index < -0.39 is 34.8 Å². The summed E-state index contributed by atoms with van der Waals surface area (Å²) in [6.07, 6.45) is -9.50. The number of carbonyl (C=O) groups is 1. The standard InChI is InChI=1S/C14H10F6INO/c15-13(16,17)7-1-2-9(21)8(3-7)10(23)22-12-4-11(5-12,6-12)14(18,19)20/h1-3H,4-6H2,(H,22,23). The Morgan fingerprint density at radius 3 is 2.13 bits per heavy atom. The largest absolute Gasteiger partial charge is 0.416 e. The fourth-order valence-electron chi connectivity index (χ4n) is 3.40. The molecule has 3 aliphatic carbocycles. The molecule has 0 aliphatic heterocycles. The molecule has 0 heterocycles. The van der Waals surface area contributed by atoms with Gasteiger partial charge in [0.2, 0.25) is 0 Å². The van der Waals surface area contributed by atoms with Gasteiger partial charge in [-0.15, -0.1) is 0 Å². The number of nitrogens with one attached hydrogen (secondary N) is 1. The van der Waals surface area contributed by atoms with Crippen LogP contribution in [0.4, 0.5) is 26.3 Å². The molecular formula is C14H10F6INO. The van der Waals surface area contributed by atoms with Crippen LogP contribution >= 0.6 is 22.6 Å². The first-order valence-electron chi connectivity index (χ1n) is 6.64. The first-order valence-corrected chi connectivity index (χ1v) is 7.72. The van der Waals surface area contributed by atoms with Gasteiger partial charge in [-0.25, -0.2) is 0 Å². The van der Waals surface area contributed by atoms with Crippen molar-refractivity contribution in [2.75, 3.05) is 0 Å². The van der Waals surface area contributed by atoms with Crippen molar-refractivity contribution < 1.29 is 31.1 Å². The molecule has 1 amide bonds. The van der Waals surface area contributed by atoms with Gasteiger partial charge in [0.1, 0.15) is 0 Å². The Hall–Kier alpha value is -1.00. The molecule has 126 valence electrons. The van der Waals surface area contributed by atoms with Crippen LogP contribution in [0.15, 0.2) is 18.2 Å². The van der Waals surface area contributed by atoms with Crippen molar-refractivity contribution in [1.82, 2.24) is 5.32 Å². The van der Waals surface area contributed by atoms with Crippen molar-refractivity contribution in [3.63, 3.8) is 0 Å². The van der Waals surface area contributed by atoms with Crippen LogP contribution < -0.4 is 5.32 Å². The minimum Gasteiger partial charge on any atom is -0.346 e. The number of hydrogen-bond donors (Lipinski definition) is 1. The van der Waals surface area contributed by atoms with Crippen LogP contribution in [0.5, 0.6) is 0 Å². The SMILES string of the molecule is O=C(NC12CC(C(F)(F)F)(C1)C2)c1cc(C(F)(F)F)ccc1I. The molecule has 3 aliphatic rings. The molecule has 0 atom stereocenters. The van der Waals surface area contributed by atoms with Gasteiger partial charge in [0.25, 0.3) is 5.91 Å². The van der Waals surface area contributed by atoms with E-state index in [0.717, 1.165) is 18.2 Å². The highest BCUT2D eigenvalue weighted by atomic mass is 127. The Bertz CT molecular complexity index is 661. The molecule has 2 nitrogen and oxygen atoms in total. The number of hydrogen-bond acceptors (Lipinski definition) is 1. The van der Waals surface area contributed by atoms with E-state index in [9.17, 15) is 31.1 Å². The van der Waals surface area contributed by atoms with Crippen LogP contribution in [0.25, 0.3) is 0 Å². The van der Waals surface area contributed by atoms with E-state index in [2.05, 4.69) is 5.32 Å². The van der Waals surface area contributed by atoms with Crippen LogP contribution in [-0.2, 0) is 6.18 Å². The molecule has 0 aromatic heterocycles. The lowest BCUT2D eigenvalue weighted by molar-refractivity contribution is -0.336. The maximum Gasteiger partial charge on any atom is 0.416 e. The van der Waals surface area contributed by atoms with Crippen molar-refractivity contribution >= 4 is 28.5 Å². The van der Waals surface area contributed by atoms with E-state index in [1.165, 1.54) is 0 Å². The van der Waals surface area contributed by atoms with Crippen molar-refractivity contribution in [3.8, 4) is 0 Å². The third-order valence-electron chi connectivity index (χ3n) is 4.55.